The molecule has 1 aliphatic heterocycles. The summed E-state index contributed by atoms with van der Waals surface area (Å²) in [7, 11) is 1.44. The fourth-order valence-corrected chi connectivity index (χ4v) is 7.25. The zero-order valence-electron chi connectivity index (χ0n) is 19.0. The van der Waals surface area contributed by atoms with Gasteiger partial charge in [-0.25, -0.2) is 4.39 Å². The number of non-ortho nitro benzene ring substituents is 1. The minimum Gasteiger partial charge on any atom is -0.494 e. The standard InChI is InChI=1S/C25H21ClFN3O5S/c1-35-19-11-15(29(31)32)10-16-22-17(24(28-25(16)19)13-6-8-14(27)9-7-13)12-21(23(22)26)36-20-5-3-2-4-18(20)30(33)34/h2-11,17,21-24,28H,12H2,1H3. The Morgan fingerprint density at radius 3 is 2.47 bits per heavy atom. The average molecular weight is 530 g/mol. The molecule has 5 atom stereocenters. The Balaban J connectivity index is 1.60. The van der Waals surface area contributed by atoms with Crippen molar-refractivity contribution in [2.24, 2.45) is 5.92 Å². The Labute approximate surface area is 215 Å². The van der Waals surface area contributed by atoms with Gasteiger partial charge in [-0.15, -0.1) is 23.4 Å². The van der Waals surface area contributed by atoms with E-state index >= 15 is 0 Å². The molecule has 1 saturated carbocycles. The van der Waals surface area contributed by atoms with Crippen LogP contribution in [0.5, 0.6) is 5.75 Å². The largest absolute Gasteiger partial charge is 0.494 e. The Hall–Kier alpha value is -3.37. The molecule has 11 heteroatoms. The summed E-state index contributed by atoms with van der Waals surface area (Å²) < 4.78 is 19.2. The number of nitro benzene ring substituents is 2. The number of rotatable bonds is 6. The van der Waals surface area contributed by atoms with Gasteiger partial charge in [-0.1, -0.05) is 24.3 Å². The molecule has 3 aromatic carbocycles. The van der Waals surface area contributed by atoms with E-state index in [1.54, 1.807) is 30.3 Å². The van der Waals surface area contributed by atoms with Crippen LogP contribution in [0, 0.1) is 32.0 Å². The number of halogens is 2. The second kappa shape index (κ2) is 9.59. The van der Waals surface area contributed by atoms with Crippen LogP contribution in [0.2, 0.25) is 0 Å². The molecule has 0 saturated heterocycles. The van der Waals surface area contributed by atoms with Crippen LogP contribution in [0.3, 0.4) is 0 Å². The number of fused-ring (bicyclic) bond motifs is 3. The molecule has 1 N–H and O–H groups in total. The van der Waals surface area contributed by atoms with Crippen LogP contribution in [0.1, 0.15) is 29.5 Å². The van der Waals surface area contributed by atoms with Gasteiger partial charge in [0.2, 0.25) is 0 Å². The second-order valence-corrected chi connectivity index (χ2v) is 10.6. The second-order valence-electron chi connectivity index (χ2n) is 8.79. The predicted molar refractivity (Wildman–Crippen MR) is 136 cm³/mol. The van der Waals surface area contributed by atoms with Crippen molar-refractivity contribution in [1.29, 1.82) is 0 Å². The molecule has 0 spiro atoms. The first kappa shape index (κ1) is 24.3. The fourth-order valence-electron chi connectivity index (χ4n) is 5.31. The highest BCUT2D eigenvalue weighted by molar-refractivity contribution is 8.00. The van der Waals surface area contributed by atoms with E-state index in [-0.39, 0.29) is 40.3 Å². The Bertz CT molecular complexity index is 1340. The number of methoxy groups -OCH3 is 1. The van der Waals surface area contributed by atoms with E-state index in [1.807, 2.05) is 0 Å². The van der Waals surface area contributed by atoms with Gasteiger partial charge in [0, 0.05) is 23.3 Å². The molecule has 2 aliphatic rings. The molecule has 5 rings (SSSR count). The van der Waals surface area contributed by atoms with Crippen molar-refractivity contribution in [3.05, 3.63) is 97.8 Å². The summed E-state index contributed by atoms with van der Waals surface area (Å²) in [5, 5.41) is 26.0. The monoisotopic (exact) mass is 529 g/mol. The van der Waals surface area contributed by atoms with E-state index in [0.29, 0.717) is 28.3 Å². The average Bonchev–Trinajstić information content (AvgIpc) is 3.19. The lowest BCUT2D eigenvalue weighted by Crippen LogP contribution is -2.31. The van der Waals surface area contributed by atoms with Crippen molar-refractivity contribution in [3.8, 4) is 5.75 Å². The van der Waals surface area contributed by atoms with Crippen LogP contribution in [0.4, 0.5) is 21.5 Å². The van der Waals surface area contributed by atoms with E-state index < -0.39 is 15.2 Å². The van der Waals surface area contributed by atoms with E-state index in [9.17, 15) is 24.6 Å². The third-order valence-corrected chi connectivity index (χ3v) is 8.98. The predicted octanol–water partition coefficient (Wildman–Crippen LogP) is 6.69. The van der Waals surface area contributed by atoms with Crippen molar-refractivity contribution in [1.82, 2.24) is 0 Å². The topological polar surface area (TPSA) is 108 Å². The quantitative estimate of drug-likeness (QED) is 0.215. The zero-order chi connectivity index (χ0) is 25.6. The van der Waals surface area contributed by atoms with Crippen LogP contribution in [0.25, 0.3) is 0 Å². The molecule has 0 amide bonds. The Kier molecular flexibility index (Phi) is 6.48. The Morgan fingerprint density at radius 2 is 1.81 bits per heavy atom. The van der Waals surface area contributed by atoms with Gasteiger partial charge < -0.3 is 10.1 Å². The van der Waals surface area contributed by atoms with Gasteiger partial charge in [0.15, 0.2) is 0 Å². The number of hydrogen-bond donors (Lipinski definition) is 1. The molecule has 186 valence electrons. The van der Waals surface area contributed by atoms with Crippen molar-refractivity contribution >= 4 is 40.4 Å². The van der Waals surface area contributed by atoms with Crippen molar-refractivity contribution in [2.75, 3.05) is 12.4 Å². The van der Waals surface area contributed by atoms with E-state index in [1.165, 1.54) is 49.2 Å². The van der Waals surface area contributed by atoms with Gasteiger partial charge in [0.25, 0.3) is 11.4 Å². The number of alkyl halides is 1. The number of para-hydroxylation sites is 1. The lowest BCUT2D eigenvalue weighted by Gasteiger charge is -2.38. The van der Waals surface area contributed by atoms with Crippen molar-refractivity contribution in [3.63, 3.8) is 0 Å². The first-order chi connectivity index (χ1) is 17.3. The maximum atomic E-state index is 13.7. The SMILES string of the molecule is COc1cc([N+](=O)[O-])cc2c1NC(c1ccc(F)cc1)C1CC(Sc3ccccc3[N+](=O)[O-])C(Cl)C21. The van der Waals surface area contributed by atoms with Crippen LogP contribution < -0.4 is 10.1 Å². The molecular weight excluding hydrogens is 509 g/mol. The zero-order valence-corrected chi connectivity index (χ0v) is 20.5. The Morgan fingerprint density at radius 1 is 1.08 bits per heavy atom. The van der Waals surface area contributed by atoms with Gasteiger partial charge in [0.05, 0.1) is 45.0 Å². The van der Waals surface area contributed by atoms with Gasteiger partial charge in [0.1, 0.15) is 11.6 Å². The maximum Gasteiger partial charge on any atom is 0.282 e. The van der Waals surface area contributed by atoms with Crippen LogP contribution in [-0.2, 0) is 0 Å². The van der Waals surface area contributed by atoms with Gasteiger partial charge in [-0.3, -0.25) is 20.2 Å². The van der Waals surface area contributed by atoms with E-state index in [2.05, 4.69) is 5.32 Å². The highest BCUT2D eigenvalue weighted by Gasteiger charge is 2.51. The number of thioether (sulfide) groups is 1. The maximum absolute atomic E-state index is 13.7. The molecule has 8 nitrogen and oxygen atoms in total. The highest BCUT2D eigenvalue weighted by atomic mass is 35.5. The number of nitrogens with one attached hydrogen (secondary N) is 1. The summed E-state index contributed by atoms with van der Waals surface area (Å²) in [6.07, 6.45) is 0.592. The number of nitro groups is 2. The summed E-state index contributed by atoms with van der Waals surface area (Å²) in [6.45, 7) is 0. The minimum atomic E-state index is -0.477. The summed E-state index contributed by atoms with van der Waals surface area (Å²) in [6, 6.07) is 15.3. The van der Waals surface area contributed by atoms with E-state index in [0.717, 1.165) is 5.56 Å². The van der Waals surface area contributed by atoms with E-state index in [4.69, 9.17) is 16.3 Å². The smallest absolute Gasteiger partial charge is 0.282 e. The molecular formula is C25H21ClFN3O5S. The van der Waals surface area contributed by atoms with Crippen LogP contribution in [-0.4, -0.2) is 27.6 Å². The summed E-state index contributed by atoms with van der Waals surface area (Å²) in [5.74, 6) is -0.431. The highest BCUT2D eigenvalue weighted by Crippen LogP contribution is 2.60. The minimum absolute atomic E-state index is 0.00663. The van der Waals surface area contributed by atoms with Crippen LogP contribution in [0.15, 0.2) is 65.6 Å². The lowest BCUT2D eigenvalue weighted by atomic mass is 9.77. The molecule has 1 aliphatic carbocycles. The summed E-state index contributed by atoms with van der Waals surface area (Å²) in [4.78, 5) is 22.8. The van der Waals surface area contributed by atoms with Crippen LogP contribution >= 0.6 is 23.4 Å². The molecule has 36 heavy (non-hydrogen) atoms. The third-order valence-electron chi connectivity index (χ3n) is 6.87. The molecule has 5 unspecified atom stereocenters. The summed E-state index contributed by atoms with van der Waals surface area (Å²) in [5.41, 5.74) is 2.03. The first-order valence-electron chi connectivity index (χ1n) is 11.2. The number of nitrogens with zero attached hydrogens (tertiary/aromatic N) is 2. The molecule has 1 fully saturated rings. The lowest BCUT2D eigenvalue weighted by molar-refractivity contribution is -0.387. The molecule has 3 aromatic rings. The van der Waals surface area contributed by atoms with Crippen molar-refractivity contribution in [2.45, 2.75) is 33.9 Å². The third kappa shape index (κ3) is 4.24. The number of ether oxygens (including phenoxy) is 1. The number of anilines is 1. The fraction of sp³-hybridized carbons (Fsp3) is 0.280. The summed E-state index contributed by atoms with van der Waals surface area (Å²) >= 11 is 8.43. The normalized spacial score (nSPS) is 24.4. The number of hydrogen-bond acceptors (Lipinski definition) is 7. The molecule has 1 heterocycles. The first-order valence-corrected chi connectivity index (χ1v) is 12.5. The molecule has 0 radical (unpaired) electrons. The van der Waals surface area contributed by atoms with Gasteiger partial charge in [-0.2, -0.15) is 0 Å². The van der Waals surface area contributed by atoms with Gasteiger partial charge in [-0.05, 0) is 41.7 Å². The van der Waals surface area contributed by atoms with Crippen molar-refractivity contribution < 1.29 is 19.0 Å². The molecule has 0 bridgehead atoms. The number of benzene rings is 3. The van der Waals surface area contributed by atoms with Gasteiger partial charge >= 0.3 is 0 Å². The molecule has 0 aromatic heterocycles.